The van der Waals surface area contributed by atoms with E-state index in [9.17, 15) is 9.90 Å². The number of anilines is 1. The van der Waals surface area contributed by atoms with Gasteiger partial charge in [0.2, 0.25) is 0 Å². The van der Waals surface area contributed by atoms with Gasteiger partial charge in [0.15, 0.2) is 0 Å². The largest absolute Gasteiger partial charge is 0.465 e. The number of piperidine rings is 1. The molecular formula is C27H28N2O3. The molecule has 3 unspecified atom stereocenters. The molecule has 5 heteroatoms. The van der Waals surface area contributed by atoms with Crippen LogP contribution in [0.1, 0.15) is 18.4 Å². The number of likely N-dealkylation sites (tertiary alicyclic amines) is 1. The smallest absolute Gasteiger partial charge is 0.411 e. The van der Waals surface area contributed by atoms with Crippen LogP contribution >= 0.6 is 0 Å². The molecule has 3 atom stereocenters. The van der Waals surface area contributed by atoms with Gasteiger partial charge in [0, 0.05) is 31.4 Å². The Kier molecular flexibility index (Phi) is 5.82. The van der Waals surface area contributed by atoms with Crippen LogP contribution in [0.4, 0.5) is 10.5 Å². The minimum absolute atomic E-state index is 0.370. The lowest BCUT2D eigenvalue weighted by atomic mass is 9.97. The molecule has 1 saturated carbocycles. The van der Waals surface area contributed by atoms with Gasteiger partial charge in [-0.05, 0) is 66.6 Å². The second kappa shape index (κ2) is 9.05. The molecule has 164 valence electrons. The number of para-hydroxylation sites is 1. The van der Waals surface area contributed by atoms with E-state index in [0.717, 1.165) is 25.3 Å². The van der Waals surface area contributed by atoms with Gasteiger partial charge in [-0.15, -0.1) is 0 Å². The molecule has 3 aromatic rings. The Morgan fingerprint density at radius 1 is 0.906 bits per heavy atom. The van der Waals surface area contributed by atoms with Gasteiger partial charge < -0.3 is 9.84 Å². The second-order valence-electron chi connectivity index (χ2n) is 8.79. The van der Waals surface area contributed by atoms with Crippen molar-refractivity contribution in [2.45, 2.75) is 25.4 Å². The Morgan fingerprint density at radius 2 is 1.56 bits per heavy atom. The van der Waals surface area contributed by atoms with Crippen molar-refractivity contribution >= 4 is 11.8 Å². The summed E-state index contributed by atoms with van der Waals surface area (Å²) in [6.45, 7) is 2.54. The van der Waals surface area contributed by atoms with Crippen LogP contribution in [-0.2, 0) is 6.54 Å². The van der Waals surface area contributed by atoms with Gasteiger partial charge in [0.05, 0.1) is 0 Å². The van der Waals surface area contributed by atoms with Gasteiger partial charge in [-0.25, -0.2) is 4.79 Å². The number of carboxylic acid groups (broad SMARTS) is 1. The number of nitrogens with zero attached hydrogens (tertiary/aromatic N) is 2. The van der Waals surface area contributed by atoms with Crippen LogP contribution in [0.2, 0.25) is 0 Å². The second-order valence-corrected chi connectivity index (χ2v) is 8.79. The molecule has 2 bridgehead atoms. The highest BCUT2D eigenvalue weighted by Gasteiger charge is 2.47. The molecule has 5 nitrogen and oxygen atoms in total. The van der Waals surface area contributed by atoms with E-state index < -0.39 is 6.09 Å². The minimum Gasteiger partial charge on any atom is -0.465 e. The van der Waals surface area contributed by atoms with Gasteiger partial charge in [0.25, 0.3) is 0 Å². The Labute approximate surface area is 188 Å². The van der Waals surface area contributed by atoms with E-state index in [1.54, 1.807) is 0 Å². The molecule has 1 saturated heterocycles. The van der Waals surface area contributed by atoms with E-state index in [1.807, 2.05) is 60.7 Å². The predicted molar refractivity (Wildman–Crippen MR) is 125 cm³/mol. The Balaban J connectivity index is 1.27. The van der Waals surface area contributed by atoms with Gasteiger partial charge in [-0.1, -0.05) is 48.5 Å². The number of fused-ring (bicyclic) bond motifs is 2. The van der Waals surface area contributed by atoms with Crippen LogP contribution in [0.3, 0.4) is 0 Å². The van der Waals surface area contributed by atoms with Gasteiger partial charge in [-0.2, -0.15) is 0 Å². The fraction of sp³-hybridized carbons (Fsp3) is 0.296. The minimum atomic E-state index is -0.900. The van der Waals surface area contributed by atoms with Gasteiger partial charge in [-0.3, -0.25) is 9.80 Å². The van der Waals surface area contributed by atoms with Gasteiger partial charge >= 0.3 is 6.09 Å². The maximum Gasteiger partial charge on any atom is 0.411 e. The average molecular weight is 429 g/mol. The van der Waals surface area contributed by atoms with E-state index in [2.05, 4.69) is 29.2 Å². The van der Waals surface area contributed by atoms with Crippen LogP contribution in [0.25, 0.3) is 0 Å². The molecule has 0 spiro atoms. The normalized spacial score (nSPS) is 22.1. The fourth-order valence-electron chi connectivity index (χ4n) is 5.34. The lowest BCUT2D eigenvalue weighted by Crippen LogP contribution is -2.39. The molecule has 32 heavy (non-hydrogen) atoms. The third-order valence-corrected chi connectivity index (χ3v) is 6.85. The number of hydrogen-bond acceptors (Lipinski definition) is 3. The summed E-state index contributed by atoms with van der Waals surface area (Å²) >= 11 is 0. The Hall–Kier alpha value is -3.31. The molecule has 2 aliphatic rings. The van der Waals surface area contributed by atoms with Crippen molar-refractivity contribution in [3.8, 4) is 11.5 Å². The number of carbonyl (C=O) groups is 1. The number of rotatable bonds is 7. The van der Waals surface area contributed by atoms with Crippen molar-refractivity contribution in [3.05, 3.63) is 90.5 Å². The summed E-state index contributed by atoms with van der Waals surface area (Å²) in [6.07, 6.45) is 1.44. The SMILES string of the molecule is O=C(O)N(CC1C2CCC1N(Cc1ccccc1)C2)c1ccc(Oc2ccccc2)cc1. The lowest BCUT2D eigenvalue weighted by Gasteiger charge is -2.29. The molecule has 2 fully saturated rings. The zero-order chi connectivity index (χ0) is 21.9. The summed E-state index contributed by atoms with van der Waals surface area (Å²) in [5.41, 5.74) is 2.02. The first-order chi connectivity index (χ1) is 15.7. The standard InChI is InChI=1S/C27H28N2O3/c30-27(31)29(22-12-14-24(15-13-22)32-23-9-5-2-6-10-23)19-25-21-11-16-26(25)28(18-21)17-20-7-3-1-4-8-20/h1-10,12-15,21,25-26H,11,16-19H2,(H,30,31). The Morgan fingerprint density at radius 3 is 2.25 bits per heavy atom. The zero-order valence-electron chi connectivity index (χ0n) is 18.0. The van der Waals surface area contributed by atoms with Crippen LogP contribution in [0.5, 0.6) is 11.5 Å². The molecular weight excluding hydrogens is 400 g/mol. The van der Waals surface area contributed by atoms with Crippen molar-refractivity contribution < 1.29 is 14.6 Å². The summed E-state index contributed by atoms with van der Waals surface area (Å²) in [4.78, 5) is 16.2. The number of benzene rings is 3. The third kappa shape index (κ3) is 4.34. The lowest BCUT2D eigenvalue weighted by molar-refractivity contribution is 0.192. The molecule has 1 heterocycles. The highest BCUT2D eigenvalue weighted by atomic mass is 16.5. The highest BCUT2D eigenvalue weighted by molar-refractivity contribution is 5.86. The first-order valence-electron chi connectivity index (χ1n) is 11.3. The fourth-order valence-corrected chi connectivity index (χ4v) is 5.34. The first kappa shape index (κ1) is 20.6. The molecule has 1 amide bonds. The molecule has 5 rings (SSSR count). The monoisotopic (exact) mass is 428 g/mol. The van der Waals surface area contributed by atoms with E-state index in [-0.39, 0.29) is 0 Å². The summed E-state index contributed by atoms with van der Waals surface area (Å²) in [5, 5.41) is 9.97. The maximum atomic E-state index is 12.2. The van der Waals surface area contributed by atoms with Crippen molar-refractivity contribution in [2.75, 3.05) is 18.0 Å². The summed E-state index contributed by atoms with van der Waals surface area (Å²) in [5.74, 6) is 2.39. The van der Waals surface area contributed by atoms with E-state index >= 15 is 0 Å². The average Bonchev–Trinajstić information content (AvgIpc) is 3.35. The van der Waals surface area contributed by atoms with Crippen molar-refractivity contribution in [2.24, 2.45) is 11.8 Å². The Bertz CT molecular complexity index is 1040. The predicted octanol–water partition coefficient (Wildman–Crippen LogP) is 5.87. The number of amides is 1. The quantitative estimate of drug-likeness (QED) is 0.511. The van der Waals surface area contributed by atoms with Crippen LogP contribution < -0.4 is 9.64 Å². The highest BCUT2D eigenvalue weighted by Crippen LogP contribution is 2.44. The zero-order valence-corrected chi connectivity index (χ0v) is 18.0. The van der Waals surface area contributed by atoms with Crippen molar-refractivity contribution in [3.63, 3.8) is 0 Å². The van der Waals surface area contributed by atoms with Crippen LogP contribution in [0.15, 0.2) is 84.9 Å². The van der Waals surface area contributed by atoms with E-state index in [1.165, 1.54) is 16.9 Å². The molecule has 3 aromatic carbocycles. The molecule has 1 aliphatic carbocycles. The maximum absolute atomic E-state index is 12.2. The van der Waals surface area contributed by atoms with Crippen LogP contribution in [-0.4, -0.2) is 35.2 Å². The van der Waals surface area contributed by atoms with Crippen molar-refractivity contribution in [1.29, 1.82) is 0 Å². The van der Waals surface area contributed by atoms with Crippen LogP contribution in [0, 0.1) is 11.8 Å². The van der Waals surface area contributed by atoms with E-state index in [0.29, 0.717) is 35.9 Å². The van der Waals surface area contributed by atoms with Gasteiger partial charge in [0.1, 0.15) is 11.5 Å². The number of hydrogen-bond donors (Lipinski definition) is 1. The summed E-state index contributed by atoms with van der Waals surface area (Å²) < 4.78 is 5.85. The molecule has 1 aliphatic heterocycles. The summed E-state index contributed by atoms with van der Waals surface area (Å²) in [6, 6.07) is 27.9. The molecule has 0 radical (unpaired) electrons. The first-order valence-corrected chi connectivity index (χ1v) is 11.3. The molecule has 0 aromatic heterocycles. The number of ether oxygens (including phenoxy) is 1. The summed E-state index contributed by atoms with van der Waals surface area (Å²) in [7, 11) is 0. The van der Waals surface area contributed by atoms with Crippen molar-refractivity contribution in [1.82, 2.24) is 4.90 Å². The third-order valence-electron chi connectivity index (χ3n) is 6.85. The topological polar surface area (TPSA) is 53.0 Å². The van der Waals surface area contributed by atoms with E-state index in [4.69, 9.17) is 4.74 Å². The molecule has 1 N–H and O–H groups in total.